The predicted octanol–water partition coefficient (Wildman–Crippen LogP) is 0.262. The van der Waals surface area contributed by atoms with Crippen molar-refractivity contribution in [3.8, 4) is 0 Å². The Hall–Kier alpha value is -1.30. The first-order valence-electron chi connectivity index (χ1n) is 5.32. The molecule has 0 aromatic rings. The molecule has 0 aromatic heterocycles. The van der Waals surface area contributed by atoms with Gasteiger partial charge in [-0.25, -0.2) is 9.59 Å². The molecule has 0 aliphatic carbocycles. The Labute approximate surface area is 95.2 Å². The first-order valence-corrected chi connectivity index (χ1v) is 5.32. The van der Waals surface area contributed by atoms with Gasteiger partial charge in [0, 0.05) is 13.6 Å². The molecule has 0 saturated heterocycles. The molecule has 0 heterocycles. The fraction of sp³-hybridized carbons (Fsp3) is 0.800. The Morgan fingerprint density at radius 2 is 2.00 bits per heavy atom. The molecule has 2 atom stereocenters. The highest BCUT2D eigenvalue weighted by Gasteiger charge is 2.25. The minimum absolute atomic E-state index is 0.484. The molecule has 0 aliphatic rings. The van der Waals surface area contributed by atoms with Gasteiger partial charge in [-0.15, -0.1) is 0 Å². The van der Waals surface area contributed by atoms with Crippen LogP contribution in [-0.4, -0.2) is 52.9 Å². The van der Waals surface area contributed by atoms with Crippen LogP contribution in [0.15, 0.2) is 0 Å². The lowest BCUT2D eigenvalue weighted by Crippen LogP contribution is -2.51. The first kappa shape index (κ1) is 14.7. The molecule has 0 aliphatic heterocycles. The molecule has 0 fully saturated rings. The normalized spacial score (nSPS) is 14.0. The Balaban J connectivity index is 4.24. The van der Waals surface area contributed by atoms with Crippen molar-refractivity contribution in [2.24, 2.45) is 0 Å². The van der Waals surface area contributed by atoms with E-state index in [1.165, 1.54) is 11.8 Å². The van der Waals surface area contributed by atoms with Crippen LogP contribution in [0.1, 0.15) is 26.7 Å². The third-order valence-corrected chi connectivity index (χ3v) is 2.22. The molecule has 6 heteroatoms. The topological polar surface area (TPSA) is 89.9 Å². The van der Waals surface area contributed by atoms with E-state index < -0.39 is 24.1 Å². The lowest BCUT2D eigenvalue weighted by atomic mass is 10.2. The summed E-state index contributed by atoms with van der Waals surface area (Å²) in [5.74, 6) is -1.24. The molecule has 0 radical (unpaired) electrons. The standard InChI is InChI=1S/C10H20N2O4/c1-4-5-6-12(3)10(16)11-8(7(2)13)9(14)15/h7-8,13H,4-6H2,1-3H3,(H,11,16)(H,14,15). The van der Waals surface area contributed by atoms with E-state index in [1.54, 1.807) is 7.05 Å². The number of aliphatic carboxylic acids is 1. The van der Waals surface area contributed by atoms with Crippen LogP contribution in [0.2, 0.25) is 0 Å². The van der Waals surface area contributed by atoms with Crippen LogP contribution in [0.3, 0.4) is 0 Å². The number of urea groups is 1. The molecule has 2 amide bonds. The average Bonchev–Trinajstić information content (AvgIpc) is 2.20. The van der Waals surface area contributed by atoms with Crippen molar-refractivity contribution in [3.63, 3.8) is 0 Å². The van der Waals surface area contributed by atoms with Gasteiger partial charge in [0.2, 0.25) is 0 Å². The van der Waals surface area contributed by atoms with Crippen LogP contribution in [0.25, 0.3) is 0 Å². The van der Waals surface area contributed by atoms with Crippen LogP contribution in [-0.2, 0) is 4.79 Å². The van der Waals surface area contributed by atoms with E-state index in [0.29, 0.717) is 6.54 Å². The molecule has 0 bridgehead atoms. The van der Waals surface area contributed by atoms with E-state index in [4.69, 9.17) is 5.11 Å². The van der Waals surface area contributed by atoms with E-state index in [1.807, 2.05) is 6.92 Å². The number of nitrogens with one attached hydrogen (secondary N) is 1. The summed E-state index contributed by atoms with van der Waals surface area (Å²) in [5, 5.41) is 20.2. The minimum Gasteiger partial charge on any atom is -0.480 e. The molecule has 0 saturated carbocycles. The lowest BCUT2D eigenvalue weighted by molar-refractivity contribution is -0.141. The van der Waals surface area contributed by atoms with E-state index >= 15 is 0 Å². The van der Waals surface area contributed by atoms with E-state index in [9.17, 15) is 14.7 Å². The second-order valence-corrected chi connectivity index (χ2v) is 3.78. The van der Waals surface area contributed by atoms with Crippen LogP contribution >= 0.6 is 0 Å². The number of hydrogen-bond donors (Lipinski definition) is 3. The maximum absolute atomic E-state index is 11.5. The Morgan fingerprint density at radius 3 is 2.38 bits per heavy atom. The van der Waals surface area contributed by atoms with Gasteiger partial charge in [-0.1, -0.05) is 13.3 Å². The first-order chi connectivity index (χ1) is 7.40. The van der Waals surface area contributed by atoms with Crippen molar-refractivity contribution in [2.75, 3.05) is 13.6 Å². The van der Waals surface area contributed by atoms with Crippen molar-refractivity contribution in [1.82, 2.24) is 10.2 Å². The number of carboxylic acid groups (broad SMARTS) is 1. The highest BCUT2D eigenvalue weighted by molar-refractivity contribution is 5.82. The van der Waals surface area contributed by atoms with E-state index in [2.05, 4.69) is 5.32 Å². The summed E-state index contributed by atoms with van der Waals surface area (Å²) in [4.78, 5) is 23.6. The molecule has 2 unspecified atom stereocenters. The van der Waals surface area contributed by atoms with E-state index in [0.717, 1.165) is 12.8 Å². The fourth-order valence-corrected chi connectivity index (χ4v) is 1.13. The van der Waals surface area contributed by atoms with Gasteiger partial charge in [-0.05, 0) is 13.3 Å². The molecule has 3 N–H and O–H groups in total. The summed E-state index contributed by atoms with van der Waals surface area (Å²) >= 11 is 0. The average molecular weight is 232 g/mol. The summed E-state index contributed by atoms with van der Waals surface area (Å²) in [7, 11) is 1.59. The molecule has 0 rings (SSSR count). The van der Waals surface area contributed by atoms with Gasteiger partial charge < -0.3 is 20.4 Å². The minimum atomic E-state index is -1.27. The molecule has 6 nitrogen and oxygen atoms in total. The molecular formula is C10H20N2O4. The van der Waals surface area contributed by atoms with Crippen molar-refractivity contribution in [2.45, 2.75) is 38.8 Å². The van der Waals surface area contributed by atoms with Crippen molar-refractivity contribution < 1.29 is 19.8 Å². The number of rotatable bonds is 6. The van der Waals surface area contributed by atoms with Gasteiger partial charge in [0.05, 0.1) is 6.10 Å². The highest BCUT2D eigenvalue weighted by Crippen LogP contribution is 1.97. The van der Waals surface area contributed by atoms with Gasteiger partial charge in [0.1, 0.15) is 0 Å². The third kappa shape index (κ3) is 4.97. The third-order valence-electron chi connectivity index (χ3n) is 2.22. The number of carboxylic acids is 1. The van der Waals surface area contributed by atoms with Gasteiger partial charge in [-0.3, -0.25) is 0 Å². The molecule has 0 spiro atoms. The number of aliphatic hydroxyl groups is 1. The van der Waals surface area contributed by atoms with Crippen LogP contribution in [0.5, 0.6) is 0 Å². The second kappa shape index (κ2) is 7.05. The van der Waals surface area contributed by atoms with Gasteiger partial charge >= 0.3 is 12.0 Å². The smallest absolute Gasteiger partial charge is 0.328 e. The largest absolute Gasteiger partial charge is 0.480 e. The number of carbonyl (C=O) groups is 2. The molecular weight excluding hydrogens is 212 g/mol. The summed E-state index contributed by atoms with van der Waals surface area (Å²) in [5.41, 5.74) is 0. The monoisotopic (exact) mass is 232 g/mol. The number of unbranched alkanes of at least 4 members (excludes halogenated alkanes) is 1. The van der Waals surface area contributed by atoms with Crippen molar-refractivity contribution in [3.05, 3.63) is 0 Å². The van der Waals surface area contributed by atoms with Crippen LogP contribution in [0, 0.1) is 0 Å². The van der Waals surface area contributed by atoms with Gasteiger partial charge in [0.15, 0.2) is 6.04 Å². The second-order valence-electron chi connectivity index (χ2n) is 3.78. The Kier molecular flexibility index (Phi) is 6.48. The van der Waals surface area contributed by atoms with E-state index in [-0.39, 0.29) is 0 Å². The Morgan fingerprint density at radius 1 is 1.44 bits per heavy atom. The molecule has 94 valence electrons. The van der Waals surface area contributed by atoms with Gasteiger partial charge in [0.25, 0.3) is 0 Å². The number of aliphatic hydroxyl groups excluding tert-OH is 1. The predicted molar refractivity (Wildman–Crippen MR) is 59.2 cm³/mol. The van der Waals surface area contributed by atoms with Crippen molar-refractivity contribution >= 4 is 12.0 Å². The quantitative estimate of drug-likeness (QED) is 0.613. The summed E-state index contributed by atoms with van der Waals surface area (Å²) in [6.45, 7) is 3.89. The zero-order valence-corrected chi connectivity index (χ0v) is 9.93. The van der Waals surface area contributed by atoms with Crippen molar-refractivity contribution in [1.29, 1.82) is 0 Å². The fourth-order valence-electron chi connectivity index (χ4n) is 1.13. The number of carbonyl (C=O) groups excluding carboxylic acids is 1. The van der Waals surface area contributed by atoms with Crippen LogP contribution in [0.4, 0.5) is 4.79 Å². The summed E-state index contributed by atoms with van der Waals surface area (Å²) in [6.07, 6.45) is 0.688. The summed E-state index contributed by atoms with van der Waals surface area (Å²) in [6, 6.07) is -1.75. The van der Waals surface area contributed by atoms with Gasteiger partial charge in [-0.2, -0.15) is 0 Å². The maximum atomic E-state index is 11.5. The van der Waals surface area contributed by atoms with Crippen LogP contribution < -0.4 is 5.32 Å². The Bertz CT molecular complexity index is 243. The molecule has 0 aromatic carbocycles. The zero-order valence-electron chi connectivity index (χ0n) is 9.93. The summed E-state index contributed by atoms with van der Waals surface area (Å²) < 4.78 is 0. The highest BCUT2D eigenvalue weighted by atomic mass is 16.4. The maximum Gasteiger partial charge on any atom is 0.328 e. The lowest BCUT2D eigenvalue weighted by Gasteiger charge is -2.22. The number of amides is 2. The SMILES string of the molecule is CCCCN(C)C(=O)NC(C(=O)O)C(C)O. The number of hydrogen-bond acceptors (Lipinski definition) is 3. The zero-order chi connectivity index (χ0) is 12.7. The number of nitrogens with zero attached hydrogens (tertiary/aromatic N) is 1. The molecule has 16 heavy (non-hydrogen) atoms.